The molecule has 138 valence electrons. The lowest BCUT2D eigenvalue weighted by molar-refractivity contribution is 0.136. The Morgan fingerprint density at radius 1 is 0.875 bits per heavy atom. The summed E-state index contributed by atoms with van der Waals surface area (Å²) in [6.07, 6.45) is 5.60. The van der Waals surface area contributed by atoms with Crippen LogP contribution >= 0.6 is 0 Å². The van der Waals surface area contributed by atoms with E-state index in [1.165, 1.54) is 44.9 Å². The number of halogens is 2. The molecule has 0 N–H and O–H groups in total. The molecule has 0 aromatic rings. The van der Waals surface area contributed by atoms with Crippen molar-refractivity contribution in [2.24, 2.45) is 29.6 Å². The van der Waals surface area contributed by atoms with E-state index in [2.05, 4.69) is 6.92 Å². The first kappa shape index (κ1) is 13.8. The first-order valence-corrected chi connectivity index (χ1v) is 10.1. The van der Waals surface area contributed by atoms with Gasteiger partial charge in [-0.3, -0.25) is 0 Å². The summed E-state index contributed by atoms with van der Waals surface area (Å²) in [6, 6.07) is 0. The molecule has 2 fully saturated rings. The molecule has 0 nitrogen and oxygen atoms in total. The van der Waals surface area contributed by atoms with Crippen LogP contribution in [-0.2, 0) is 0 Å². The summed E-state index contributed by atoms with van der Waals surface area (Å²) >= 11 is 0. The second-order valence-corrected chi connectivity index (χ2v) is 8.27. The molecule has 2 saturated carbocycles. The highest BCUT2D eigenvalue weighted by Gasteiger charge is 2.31. The van der Waals surface area contributed by atoms with Crippen LogP contribution in [0.25, 0.3) is 0 Å². The molecular formula is C22H36F2. The van der Waals surface area contributed by atoms with Crippen molar-refractivity contribution in [3.63, 3.8) is 0 Å². The van der Waals surface area contributed by atoms with Gasteiger partial charge in [-0.1, -0.05) is 51.2 Å². The van der Waals surface area contributed by atoms with E-state index in [1.807, 2.05) is 0 Å². The van der Waals surface area contributed by atoms with Crippen LogP contribution in [0.2, 0.25) is 0 Å². The highest BCUT2D eigenvalue weighted by Crippen LogP contribution is 2.43. The van der Waals surface area contributed by atoms with E-state index < -0.39 is 24.6 Å². The highest BCUT2D eigenvalue weighted by atomic mass is 19.2. The van der Waals surface area contributed by atoms with Crippen molar-refractivity contribution >= 4 is 0 Å². The number of alkyl halides is 2. The van der Waals surface area contributed by atoms with Crippen molar-refractivity contribution in [2.45, 2.75) is 96.2 Å². The molecular weight excluding hydrogens is 302 g/mol. The highest BCUT2D eigenvalue weighted by molar-refractivity contribution is 5.02. The van der Waals surface area contributed by atoms with Gasteiger partial charge in [-0.25, -0.2) is 8.78 Å². The Labute approximate surface area is 153 Å². The smallest absolute Gasteiger partial charge is 0.149 e. The molecule has 0 heterocycles. The van der Waals surface area contributed by atoms with Gasteiger partial charge in [0, 0.05) is 4.11 Å². The van der Waals surface area contributed by atoms with Gasteiger partial charge >= 0.3 is 0 Å². The van der Waals surface area contributed by atoms with Crippen LogP contribution in [-0.4, -0.2) is 12.3 Å². The normalized spacial score (nSPS) is 54.4. The third-order valence-electron chi connectivity index (χ3n) is 6.84. The zero-order chi connectivity index (χ0) is 20.6. The monoisotopic (exact) mass is 342 g/mol. The number of allylic oxidation sites excluding steroid dienone is 2. The Morgan fingerprint density at radius 3 is 2.04 bits per heavy atom. The van der Waals surface area contributed by atoms with E-state index in [0.717, 1.165) is 42.7 Å². The van der Waals surface area contributed by atoms with Gasteiger partial charge in [0.05, 0.1) is 1.37 Å². The molecule has 3 aliphatic carbocycles. The maximum absolute atomic E-state index is 14.4. The lowest BCUT2D eigenvalue weighted by Crippen LogP contribution is -2.26. The van der Waals surface area contributed by atoms with E-state index in [4.69, 9.17) is 5.48 Å². The van der Waals surface area contributed by atoms with Crippen LogP contribution < -0.4 is 0 Å². The molecule has 0 aliphatic heterocycles. The van der Waals surface area contributed by atoms with Gasteiger partial charge in [-0.15, -0.1) is 0 Å². The molecule has 0 spiro atoms. The van der Waals surface area contributed by atoms with Gasteiger partial charge < -0.3 is 0 Å². The van der Waals surface area contributed by atoms with E-state index in [0.29, 0.717) is 12.3 Å². The van der Waals surface area contributed by atoms with Crippen molar-refractivity contribution in [3.8, 4) is 0 Å². The second-order valence-electron chi connectivity index (χ2n) is 8.27. The topological polar surface area (TPSA) is 0 Å². The quantitative estimate of drug-likeness (QED) is 0.470. The Bertz CT molecular complexity index is 549. The molecule has 24 heavy (non-hydrogen) atoms. The van der Waals surface area contributed by atoms with Crippen LogP contribution in [0.3, 0.4) is 0 Å². The molecule has 3 aliphatic rings. The summed E-state index contributed by atoms with van der Waals surface area (Å²) in [5.74, 6) is 1.14. The number of rotatable bonds is 5. The van der Waals surface area contributed by atoms with Crippen molar-refractivity contribution in [1.29, 1.82) is 0 Å². The predicted molar refractivity (Wildman–Crippen MR) is 97.5 cm³/mol. The van der Waals surface area contributed by atoms with Crippen molar-refractivity contribution in [2.75, 3.05) is 0 Å². The molecule has 0 amide bonds. The summed E-state index contributed by atoms with van der Waals surface area (Å²) in [7, 11) is 0. The largest absolute Gasteiger partial charge is 0.244 e. The fourth-order valence-corrected chi connectivity index (χ4v) is 5.07. The van der Waals surface area contributed by atoms with Crippen LogP contribution in [0.15, 0.2) is 12.2 Å². The first-order valence-electron chi connectivity index (χ1n) is 12.1. The molecule has 0 radical (unpaired) electrons. The SMILES string of the molecule is [2H]C1(CCC2CCC(C3CCC(CC)CC3)CC2)C=CC(F)C([2H])(F)C1([2H])[2H]. The Hall–Kier alpha value is -0.400. The zero-order valence-corrected chi connectivity index (χ0v) is 15.1. The fourth-order valence-electron chi connectivity index (χ4n) is 5.07. The second kappa shape index (κ2) is 8.81. The van der Waals surface area contributed by atoms with Crippen LogP contribution in [0.1, 0.15) is 89.4 Å². The van der Waals surface area contributed by atoms with Crippen LogP contribution in [0.4, 0.5) is 8.78 Å². The minimum atomic E-state index is -3.40. The van der Waals surface area contributed by atoms with Gasteiger partial charge in [0.2, 0.25) is 0 Å². The maximum atomic E-state index is 14.4. The number of hydrogen-bond donors (Lipinski definition) is 0. The van der Waals surface area contributed by atoms with Crippen LogP contribution in [0.5, 0.6) is 0 Å². The van der Waals surface area contributed by atoms with Gasteiger partial charge in [0.25, 0.3) is 0 Å². The molecule has 0 aromatic carbocycles. The Morgan fingerprint density at radius 2 is 1.46 bits per heavy atom. The lowest BCUT2D eigenvalue weighted by Gasteiger charge is -2.38. The lowest BCUT2D eigenvalue weighted by atomic mass is 9.68. The summed E-state index contributed by atoms with van der Waals surface area (Å²) in [4.78, 5) is 0. The first-order chi connectivity index (χ1) is 13.1. The molecule has 0 aromatic heterocycles. The van der Waals surface area contributed by atoms with Gasteiger partial charge in [0.15, 0.2) is 0 Å². The van der Waals surface area contributed by atoms with Crippen molar-refractivity contribution < 1.29 is 14.3 Å². The summed E-state index contributed by atoms with van der Waals surface area (Å²) < 4.78 is 59.9. The molecule has 0 bridgehead atoms. The summed E-state index contributed by atoms with van der Waals surface area (Å²) in [5, 5.41) is 0. The molecule has 3 unspecified atom stereocenters. The van der Waals surface area contributed by atoms with Crippen LogP contribution in [0, 0.1) is 29.6 Å². The molecule has 3 rings (SSSR count). The zero-order valence-electron chi connectivity index (χ0n) is 19.1. The average Bonchev–Trinajstić information content (AvgIpc) is 2.69. The minimum Gasteiger partial charge on any atom is -0.244 e. The number of hydrogen-bond acceptors (Lipinski definition) is 0. The van der Waals surface area contributed by atoms with E-state index in [1.54, 1.807) is 0 Å². The summed E-state index contributed by atoms with van der Waals surface area (Å²) in [5.41, 5.74) is 0. The molecule has 3 atom stereocenters. The molecule has 0 saturated heterocycles. The maximum Gasteiger partial charge on any atom is 0.149 e. The predicted octanol–water partition coefficient (Wildman–Crippen LogP) is 7.04. The van der Waals surface area contributed by atoms with Crippen molar-refractivity contribution in [3.05, 3.63) is 12.2 Å². The fraction of sp³-hybridized carbons (Fsp3) is 0.909. The molecule has 2 heteroatoms. The van der Waals surface area contributed by atoms with E-state index in [9.17, 15) is 8.78 Å². The van der Waals surface area contributed by atoms with Gasteiger partial charge in [0.1, 0.15) is 12.3 Å². The van der Waals surface area contributed by atoms with E-state index >= 15 is 0 Å². The van der Waals surface area contributed by atoms with E-state index in [-0.39, 0.29) is 6.42 Å². The third-order valence-corrected chi connectivity index (χ3v) is 6.84. The summed E-state index contributed by atoms with van der Waals surface area (Å²) in [6.45, 7) is 2.29. The third kappa shape index (κ3) is 4.82. The standard InChI is InChI=1S/C22H36F2/c1-2-16-5-10-19(11-6-16)20-12-7-17(8-13-20)3-4-18-9-14-21(23)22(24)15-18/h9,14,16-22H,2-8,10-13,15H2,1H3/i15D2,18D,22D. The van der Waals surface area contributed by atoms with Gasteiger partial charge in [-0.05, 0) is 74.5 Å². The minimum absolute atomic E-state index is 0.144. The van der Waals surface area contributed by atoms with Gasteiger partial charge in [-0.2, -0.15) is 0 Å². The Kier molecular flexibility index (Phi) is 5.05. The Balaban J connectivity index is 1.50. The van der Waals surface area contributed by atoms with Crippen molar-refractivity contribution in [1.82, 2.24) is 0 Å². The average molecular weight is 343 g/mol.